The Balaban J connectivity index is 2.24. The van der Waals surface area contributed by atoms with Gasteiger partial charge in [-0.3, -0.25) is 9.48 Å². The van der Waals surface area contributed by atoms with E-state index >= 15 is 0 Å². The molecule has 2 heterocycles. The summed E-state index contributed by atoms with van der Waals surface area (Å²) in [5, 5.41) is 4.38. The largest absolute Gasteiger partial charge is 0.383 e. The molecule has 0 unspecified atom stereocenters. The minimum Gasteiger partial charge on any atom is -0.383 e. The van der Waals surface area contributed by atoms with Crippen LogP contribution in [-0.2, 0) is 9.53 Å². The summed E-state index contributed by atoms with van der Waals surface area (Å²) in [6.07, 6.45) is 4.39. The number of amides is 1. The quantitative estimate of drug-likeness (QED) is 0.842. The molecule has 0 spiro atoms. The van der Waals surface area contributed by atoms with Crippen LogP contribution in [0.2, 0.25) is 0 Å². The van der Waals surface area contributed by atoms with Gasteiger partial charge in [0.25, 0.3) is 0 Å². The maximum Gasteiger partial charge on any atom is 0.223 e. The Labute approximate surface area is 119 Å². The van der Waals surface area contributed by atoms with E-state index in [-0.39, 0.29) is 17.9 Å². The van der Waals surface area contributed by atoms with Crippen molar-refractivity contribution in [1.82, 2.24) is 14.7 Å². The zero-order valence-corrected chi connectivity index (χ0v) is 12.5. The van der Waals surface area contributed by atoms with Gasteiger partial charge in [0.2, 0.25) is 5.91 Å². The summed E-state index contributed by atoms with van der Waals surface area (Å²) in [4.78, 5) is 14.0. The van der Waals surface area contributed by atoms with Crippen molar-refractivity contribution >= 4 is 5.91 Å². The van der Waals surface area contributed by atoms with E-state index in [1.807, 2.05) is 22.0 Å². The van der Waals surface area contributed by atoms with Gasteiger partial charge in [-0.15, -0.1) is 0 Å². The minimum absolute atomic E-state index is 0.0233. The monoisotopic (exact) mass is 280 g/mol. The molecule has 6 nitrogen and oxygen atoms in total. The Morgan fingerprint density at radius 3 is 2.85 bits per heavy atom. The number of hydrogen-bond donors (Lipinski definition) is 1. The predicted octanol–water partition coefficient (Wildman–Crippen LogP) is 0.959. The number of hydrogen-bond acceptors (Lipinski definition) is 4. The van der Waals surface area contributed by atoms with Crippen molar-refractivity contribution in [3.05, 3.63) is 18.0 Å². The molecule has 2 atom stereocenters. The molecule has 2 rings (SSSR count). The topological polar surface area (TPSA) is 73.4 Å². The predicted molar refractivity (Wildman–Crippen MR) is 76.1 cm³/mol. The van der Waals surface area contributed by atoms with E-state index in [1.165, 1.54) is 0 Å². The first-order valence-electron chi connectivity index (χ1n) is 7.11. The van der Waals surface area contributed by atoms with Crippen LogP contribution in [0.1, 0.15) is 37.9 Å². The lowest BCUT2D eigenvalue weighted by Crippen LogP contribution is -2.33. The molecular weight excluding hydrogens is 256 g/mol. The molecule has 1 saturated heterocycles. The number of nitrogens with zero attached hydrogens (tertiary/aromatic N) is 3. The van der Waals surface area contributed by atoms with Gasteiger partial charge in [0.1, 0.15) is 0 Å². The fraction of sp³-hybridized carbons (Fsp3) is 0.714. The van der Waals surface area contributed by atoms with E-state index in [4.69, 9.17) is 10.5 Å². The lowest BCUT2D eigenvalue weighted by atomic mass is 9.96. The van der Waals surface area contributed by atoms with Crippen LogP contribution in [0, 0.1) is 5.92 Å². The van der Waals surface area contributed by atoms with Gasteiger partial charge < -0.3 is 15.4 Å². The molecule has 1 amide bonds. The van der Waals surface area contributed by atoms with Gasteiger partial charge in [0.15, 0.2) is 0 Å². The highest BCUT2D eigenvalue weighted by molar-refractivity contribution is 5.79. The Hall–Kier alpha value is -1.40. The van der Waals surface area contributed by atoms with Gasteiger partial charge in [-0.2, -0.15) is 5.10 Å². The molecule has 2 N–H and O–H groups in total. The van der Waals surface area contributed by atoms with Crippen molar-refractivity contribution in [2.75, 3.05) is 26.8 Å². The summed E-state index contributed by atoms with van der Waals surface area (Å²) >= 11 is 0. The minimum atomic E-state index is 0.0233. The van der Waals surface area contributed by atoms with Crippen molar-refractivity contribution in [3.8, 4) is 0 Å². The first-order valence-corrected chi connectivity index (χ1v) is 7.11. The van der Waals surface area contributed by atoms with E-state index in [0.29, 0.717) is 32.2 Å². The van der Waals surface area contributed by atoms with Gasteiger partial charge in [-0.05, 0) is 20.4 Å². The second kappa shape index (κ2) is 6.37. The molecule has 1 aliphatic heterocycles. The highest BCUT2D eigenvalue weighted by atomic mass is 16.5. The fourth-order valence-corrected chi connectivity index (χ4v) is 2.77. The van der Waals surface area contributed by atoms with Crippen molar-refractivity contribution in [2.45, 2.75) is 32.4 Å². The molecule has 0 saturated carbocycles. The lowest BCUT2D eigenvalue weighted by molar-refractivity contribution is -0.129. The van der Waals surface area contributed by atoms with Crippen LogP contribution >= 0.6 is 0 Å². The molecule has 0 aliphatic carbocycles. The number of carbonyl (C=O) groups is 1. The molecule has 1 aliphatic rings. The number of aromatic nitrogens is 2. The fourth-order valence-electron chi connectivity index (χ4n) is 2.77. The molecule has 112 valence electrons. The third kappa shape index (κ3) is 2.86. The van der Waals surface area contributed by atoms with Crippen LogP contribution < -0.4 is 5.73 Å². The van der Waals surface area contributed by atoms with Crippen LogP contribution in [-0.4, -0.2) is 47.4 Å². The highest BCUT2D eigenvalue weighted by Gasteiger charge is 2.40. The van der Waals surface area contributed by atoms with Crippen LogP contribution in [0.3, 0.4) is 0 Å². The molecule has 20 heavy (non-hydrogen) atoms. The van der Waals surface area contributed by atoms with Crippen LogP contribution in [0.25, 0.3) is 0 Å². The first kappa shape index (κ1) is 15.0. The maximum absolute atomic E-state index is 12.2. The molecular formula is C14H24N4O2. The molecule has 0 radical (unpaired) electrons. The van der Waals surface area contributed by atoms with Crippen molar-refractivity contribution in [3.63, 3.8) is 0 Å². The summed E-state index contributed by atoms with van der Waals surface area (Å²) in [5.41, 5.74) is 6.91. The van der Waals surface area contributed by atoms with Gasteiger partial charge in [-0.25, -0.2) is 0 Å². The summed E-state index contributed by atoms with van der Waals surface area (Å²) < 4.78 is 7.02. The van der Waals surface area contributed by atoms with Crippen LogP contribution in [0.5, 0.6) is 0 Å². The third-order valence-corrected chi connectivity index (χ3v) is 3.87. The van der Waals surface area contributed by atoms with Gasteiger partial charge in [-0.1, -0.05) is 0 Å². The summed E-state index contributed by atoms with van der Waals surface area (Å²) in [6.45, 7) is 5.81. The highest BCUT2D eigenvalue weighted by Crippen LogP contribution is 2.37. The van der Waals surface area contributed by atoms with E-state index in [2.05, 4.69) is 18.9 Å². The zero-order valence-electron chi connectivity index (χ0n) is 12.5. The summed E-state index contributed by atoms with van der Waals surface area (Å²) in [5.74, 6) is 0.309. The molecule has 6 heteroatoms. The summed E-state index contributed by atoms with van der Waals surface area (Å²) in [7, 11) is 1.65. The Morgan fingerprint density at radius 2 is 2.30 bits per heavy atom. The Kier molecular flexibility index (Phi) is 4.77. The molecule has 0 aromatic carbocycles. The number of carbonyl (C=O) groups excluding carboxylic acids is 1. The van der Waals surface area contributed by atoms with E-state index in [0.717, 1.165) is 5.56 Å². The summed E-state index contributed by atoms with van der Waals surface area (Å²) in [6, 6.07) is 0.333. The number of likely N-dealkylation sites (tertiary alicyclic amines) is 1. The van der Waals surface area contributed by atoms with Crippen molar-refractivity contribution in [1.29, 1.82) is 0 Å². The van der Waals surface area contributed by atoms with E-state index in [9.17, 15) is 4.79 Å². The average molecular weight is 280 g/mol. The van der Waals surface area contributed by atoms with Crippen molar-refractivity contribution < 1.29 is 9.53 Å². The second-order valence-electron chi connectivity index (χ2n) is 5.57. The maximum atomic E-state index is 12.2. The van der Waals surface area contributed by atoms with Crippen molar-refractivity contribution in [2.24, 2.45) is 11.7 Å². The molecule has 1 aromatic rings. The normalized spacial score (nSPS) is 23.1. The first-order chi connectivity index (χ1) is 9.58. The second-order valence-corrected chi connectivity index (χ2v) is 5.57. The Bertz CT molecular complexity index is 458. The van der Waals surface area contributed by atoms with E-state index < -0.39 is 0 Å². The smallest absolute Gasteiger partial charge is 0.223 e. The molecule has 1 fully saturated rings. The number of methoxy groups -OCH3 is 1. The van der Waals surface area contributed by atoms with Crippen LogP contribution in [0.4, 0.5) is 0 Å². The van der Waals surface area contributed by atoms with Gasteiger partial charge in [0.05, 0.1) is 18.8 Å². The van der Waals surface area contributed by atoms with Gasteiger partial charge in [0, 0.05) is 43.8 Å². The third-order valence-electron chi connectivity index (χ3n) is 3.87. The standard InChI is InChI=1S/C14H24N4O2/c1-10(2)18-9-12(8-16-18)14-11(7-15)6-13(19)17(14)4-5-20-3/h8-11,14H,4-7,15H2,1-3H3/t11-,14+/m0/s1. The Morgan fingerprint density at radius 1 is 1.55 bits per heavy atom. The van der Waals surface area contributed by atoms with Gasteiger partial charge >= 0.3 is 0 Å². The van der Waals surface area contributed by atoms with E-state index in [1.54, 1.807) is 7.11 Å². The SMILES string of the molecule is COCCN1C(=O)C[C@@H](CN)[C@@H]1c1cnn(C(C)C)c1. The number of ether oxygens (including phenoxy) is 1. The number of nitrogens with two attached hydrogens (primary N) is 1. The average Bonchev–Trinajstić information content (AvgIpc) is 3.00. The molecule has 1 aromatic heterocycles. The molecule has 0 bridgehead atoms. The zero-order chi connectivity index (χ0) is 14.7. The van der Waals surface area contributed by atoms with Crippen LogP contribution in [0.15, 0.2) is 12.4 Å². The number of rotatable bonds is 6. The lowest BCUT2D eigenvalue weighted by Gasteiger charge is -2.26.